The fourth-order valence-corrected chi connectivity index (χ4v) is 0.298. The van der Waals surface area contributed by atoms with Gasteiger partial charge in [0.1, 0.15) is 6.07 Å². The molecule has 6 nitrogen and oxygen atoms in total. The molecule has 0 fully saturated rings. The molecule has 0 aliphatic rings. The summed E-state index contributed by atoms with van der Waals surface area (Å²) in [4.78, 5) is 0. The molecule has 0 aromatic heterocycles. The van der Waals surface area contributed by atoms with Crippen molar-refractivity contribution < 1.29 is 10.3 Å². The number of hydrogen-bond acceptors (Lipinski definition) is 6. The highest BCUT2D eigenvalue weighted by Gasteiger charge is 1.88. The molecular formula is C5H8N4O2. The smallest absolute Gasteiger partial charge is 0.199 e. The molecule has 0 radical (unpaired) electrons. The average molecular weight is 156 g/mol. The molecule has 0 spiro atoms. The summed E-state index contributed by atoms with van der Waals surface area (Å²) in [5.74, 6) is 0. The zero-order chi connectivity index (χ0) is 8.53. The normalized spacial score (nSPS) is 11.5. The second kappa shape index (κ2) is 6.51. The van der Waals surface area contributed by atoms with Crippen LogP contribution in [0, 0.1) is 11.3 Å². The molecule has 0 bridgehead atoms. The van der Waals surface area contributed by atoms with Gasteiger partial charge in [0.2, 0.25) is 0 Å². The lowest BCUT2D eigenvalue weighted by Crippen LogP contribution is -2.12. The number of aliphatic hydroxyl groups is 1. The highest BCUT2D eigenvalue weighted by Crippen LogP contribution is 1.67. The van der Waals surface area contributed by atoms with E-state index >= 15 is 0 Å². The molecule has 0 heterocycles. The summed E-state index contributed by atoms with van der Waals surface area (Å²) < 4.78 is 0. The van der Waals surface area contributed by atoms with E-state index in [4.69, 9.17) is 15.6 Å². The van der Waals surface area contributed by atoms with E-state index < -0.39 is 0 Å². The van der Waals surface area contributed by atoms with Crippen LogP contribution >= 0.6 is 0 Å². The van der Waals surface area contributed by atoms with Gasteiger partial charge in [-0.15, -0.1) is 0 Å². The highest BCUT2D eigenvalue weighted by atomic mass is 16.4. The Bertz CT molecular complexity index is 193. The molecule has 3 N–H and O–H groups in total. The van der Waals surface area contributed by atoms with E-state index in [0.717, 1.165) is 6.21 Å². The summed E-state index contributed by atoms with van der Waals surface area (Å²) in [5, 5.41) is 30.6. The largest absolute Gasteiger partial charge is 0.410 e. The molecule has 0 saturated carbocycles. The third-order valence-corrected chi connectivity index (χ3v) is 0.724. The quantitative estimate of drug-likeness (QED) is 0.208. The van der Waals surface area contributed by atoms with Crippen molar-refractivity contribution in [3.05, 3.63) is 0 Å². The van der Waals surface area contributed by atoms with Gasteiger partial charge >= 0.3 is 0 Å². The van der Waals surface area contributed by atoms with Crippen molar-refractivity contribution in [2.45, 2.75) is 0 Å². The molecule has 0 saturated heterocycles. The minimum absolute atomic E-state index is 0.0461. The van der Waals surface area contributed by atoms with Crippen LogP contribution in [-0.2, 0) is 0 Å². The number of oxime groups is 1. The van der Waals surface area contributed by atoms with Gasteiger partial charge in [-0.1, -0.05) is 5.16 Å². The lowest BCUT2D eigenvalue weighted by molar-refractivity contribution is 0.294. The van der Waals surface area contributed by atoms with Crippen molar-refractivity contribution in [1.82, 2.24) is 5.43 Å². The Hall–Kier alpha value is -1.61. The lowest BCUT2D eigenvalue weighted by atomic mass is 10.5. The van der Waals surface area contributed by atoms with Crippen molar-refractivity contribution in [2.24, 2.45) is 10.3 Å². The van der Waals surface area contributed by atoms with Crippen LogP contribution in [0.4, 0.5) is 0 Å². The van der Waals surface area contributed by atoms with Crippen LogP contribution in [0.15, 0.2) is 10.3 Å². The molecular weight excluding hydrogens is 148 g/mol. The summed E-state index contributed by atoms with van der Waals surface area (Å²) in [6.07, 6.45) is 1.05. The molecule has 60 valence electrons. The third kappa shape index (κ3) is 4.87. The molecule has 0 aromatic carbocycles. The fourth-order valence-electron chi connectivity index (χ4n) is 0.298. The highest BCUT2D eigenvalue weighted by molar-refractivity contribution is 6.37. The molecule has 0 aliphatic heterocycles. The van der Waals surface area contributed by atoms with E-state index in [1.54, 1.807) is 6.07 Å². The molecule has 6 heteroatoms. The lowest BCUT2D eigenvalue weighted by Gasteiger charge is -1.91. The van der Waals surface area contributed by atoms with Crippen molar-refractivity contribution in [1.29, 1.82) is 5.26 Å². The van der Waals surface area contributed by atoms with Crippen LogP contribution in [-0.4, -0.2) is 35.4 Å². The minimum Gasteiger partial charge on any atom is -0.410 e. The number of rotatable bonds is 4. The van der Waals surface area contributed by atoms with E-state index in [-0.39, 0.29) is 12.3 Å². The van der Waals surface area contributed by atoms with Crippen LogP contribution in [0.5, 0.6) is 0 Å². The van der Waals surface area contributed by atoms with Crippen molar-refractivity contribution in [3.63, 3.8) is 0 Å². The Balaban J connectivity index is 3.66. The zero-order valence-electron chi connectivity index (χ0n) is 5.73. The van der Waals surface area contributed by atoms with Crippen LogP contribution in [0.25, 0.3) is 0 Å². The van der Waals surface area contributed by atoms with E-state index in [2.05, 4.69) is 15.7 Å². The van der Waals surface area contributed by atoms with E-state index in [0.29, 0.717) is 6.54 Å². The monoisotopic (exact) mass is 156 g/mol. The number of hydrazone groups is 1. The van der Waals surface area contributed by atoms with Gasteiger partial charge in [-0.25, -0.2) is 0 Å². The first kappa shape index (κ1) is 9.39. The summed E-state index contributed by atoms with van der Waals surface area (Å²) >= 11 is 0. The van der Waals surface area contributed by atoms with Crippen molar-refractivity contribution in [2.75, 3.05) is 13.2 Å². The van der Waals surface area contributed by atoms with E-state index in [1.807, 2.05) is 0 Å². The molecule has 0 aromatic rings. The first-order valence-corrected chi connectivity index (χ1v) is 2.84. The Kier molecular flexibility index (Phi) is 5.56. The van der Waals surface area contributed by atoms with E-state index in [9.17, 15) is 0 Å². The van der Waals surface area contributed by atoms with Crippen LogP contribution in [0.2, 0.25) is 0 Å². The maximum Gasteiger partial charge on any atom is 0.199 e. The summed E-state index contributed by atoms with van der Waals surface area (Å²) in [7, 11) is 0. The number of nitrogens with zero attached hydrogens (tertiary/aromatic N) is 3. The number of aliphatic hydroxyl groups excluding tert-OH is 1. The van der Waals surface area contributed by atoms with Gasteiger partial charge in [-0.05, 0) is 0 Å². The van der Waals surface area contributed by atoms with Crippen molar-refractivity contribution in [3.8, 4) is 6.07 Å². The molecule has 0 amide bonds. The molecule has 0 atom stereocenters. The average Bonchev–Trinajstić information content (AvgIpc) is 2.05. The maximum absolute atomic E-state index is 8.26. The first-order valence-electron chi connectivity index (χ1n) is 2.84. The van der Waals surface area contributed by atoms with Crippen LogP contribution in [0.3, 0.4) is 0 Å². The minimum atomic E-state index is -0.199. The molecule has 0 rings (SSSR count). The van der Waals surface area contributed by atoms with Gasteiger partial charge in [0.25, 0.3) is 0 Å². The number of nitrogens with one attached hydrogen (secondary N) is 1. The van der Waals surface area contributed by atoms with Crippen molar-refractivity contribution >= 4 is 11.9 Å². The maximum atomic E-state index is 8.26. The Morgan fingerprint density at radius 2 is 2.45 bits per heavy atom. The SMILES string of the molecule is N#CC(/C=N/NCCO)=N\O. The fraction of sp³-hybridized carbons (Fsp3) is 0.400. The summed E-state index contributed by atoms with van der Waals surface area (Å²) in [6.45, 7) is 0.246. The predicted octanol–water partition coefficient (Wildman–Crippen LogP) is -1.09. The van der Waals surface area contributed by atoms with Gasteiger partial charge in [-0.3, -0.25) is 0 Å². The molecule has 11 heavy (non-hydrogen) atoms. The second-order valence-corrected chi connectivity index (χ2v) is 1.49. The Labute approximate surface area is 63.4 Å². The molecule has 0 unspecified atom stereocenters. The van der Waals surface area contributed by atoms with Gasteiger partial charge in [0.15, 0.2) is 5.71 Å². The summed E-state index contributed by atoms with van der Waals surface area (Å²) in [6, 6.07) is 1.58. The van der Waals surface area contributed by atoms with Gasteiger partial charge in [-0.2, -0.15) is 10.4 Å². The molecule has 0 aliphatic carbocycles. The Morgan fingerprint density at radius 3 is 2.91 bits per heavy atom. The zero-order valence-corrected chi connectivity index (χ0v) is 5.73. The summed E-state index contributed by atoms with van der Waals surface area (Å²) in [5.41, 5.74) is 2.21. The standard InChI is InChI=1S/C5H8N4O2/c6-3-5(9-11)4-8-7-1-2-10/h4,7,10-11H,1-2H2/b8-4+,9-5+. The van der Waals surface area contributed by atoms with Gasteiger partial charge in [0.05, 0.1) is 19.4 Å². The second-order valence-electron chi connectivity index (χ2n) is 1.49. The number of nitriles is 1. The van der Waals surface area contributed by atoms with Gasteiger partial charge < -0.3 is 15.7 Å². The third-order valence-electron chi connectivity index (χ3n) is 0.724. The van der Waals surface area contributed by atoms with Crippen LogP contribution in [0.1, 0.15) is 0 Å². The number of hydrogen-bond donors (Lipinski definition) is 3. The van der Waals surface area contributed by atoms with E-state index in [1.165, 1.54) is 0 Å². The van der Waals surface area contributed by atoms with Crippen LogP contribution < -0.4 is 5.43 Å². The predicted molar refractivity (Wildman–Crippen MR) is 38.4 cm³/mol. The Morgan fingerprint density at radius 1 is 1.73 bits per heavy atom. The van der Waals surface area contributed by atoms with Gasteiger partial charge in [0, 0.05) is 0 Å². The topological polar surface area (TPSA) is 101 Å². The first-order chi connectivity index (χ1) is 5.35.